The Bertz CT molecular complexity index is 476. The molecule has 0 aliphatic carbocycles. The summed E-state index contributed by atoms with van der Waals surface area (Å²) in [7, 11) is 0. The molecule has 5 heteroatoms. The van der Waals surface area contributed by atoms with Crippen molar-refractivity contribution in [3.05, 3.63) is 23.9 Å². The summed E-state index contributed by atoms with van der Waals surface area (Å²) in [6.07, 6.45) is 3.29. The molecule has 5 nitrogen and oxygen atoms in total. The van der Waals surface area contributed by atoms with Gasteiger partial charge in [0.25, 0.3) is 0 Å². The molecule has 1 aromatic heterocycles. The second-order valence-electron chi connectivity index (χ2n) is 5.00. The van der Waals surface area contributed by atoms with E-state index in [1.807, 2.05) is 6.07 Å². The van der Waals surface area contributed by atoms with Crippen molar-refractivity contribution in [2.45, 2.75) is 26.7 Å². The molecule has 1 aliphatic rings. The van der Waals surface area contributed by atoms with Crippen molar-refractivity contribution >= 4 is 17.6 Å². The second kappa shape index (κ2) is 6.50. The number of esters is 1. The van der Waals surface area contributed by atoms with Crippen LogP contribution in [0.5, 0.6) is 0 Å². The van der Waals surface area contributed by atoms with E-state index in [-0.39, 0.29) is 17.7 Å². The summed E-state index contributed by atoms with van der Waals surface area (Å²) in [5.41, 5.74) is 0.467. The molecule has 0 bridgehead atoms. The summed E-state index contributed by atoms with van der Waals surface area (Å²) in [4.78, 5) is 29.3. The number of hydrogen-bond donors (Lipinski definition) is 0. The average Bonchev–Trinajstić information content (AvgIpc) is 2.48. The van der Waals surface area contributed by atoms with E-state index in [1.165, 1.54) is 0 Å². The Kier molecular flexibility index (Phi) is 4.71. The highest BCUT2D eigenvalue weighted by molar-refractivity contribution is 5.89. The number of pyridine rings is 1. The maximum Gasteiger partial charge on any atom is 0.339 e. The van der Waals surface area contributed by atoms with Crippen LogP contribution >= 0.6 is 0 Å². The lowest BCUT2D eigenvalue weighted by molar-refractivity contribution is -0.121. The fourth-order valence-electron chi connectivity index (χ4n) is 2.42. The van der Waals surface area contributed by atoms with Crippen LogP contribution in [0.1, 0.15) is 37.0 Å². The SMILES string of the molecule is CCOC(=O)c1ccc(N2CCC(C(C)=O)CC2)nc1. The van der Waals surface area contributed by atoms with Crippen LogP contribution in [0, 0.1) is 5.92 Å². The van der Waals surface area contributed by atoms with E-state index in [0.29, 0.717) is 12.2 Å². The summed E-state index contributed by atoms with van der Waals surface area (Å²) in [6, 6.07) is 3.57. The third-order valence-electron chi connectivity index (χ3n) is 3.65. The Morgan fingerprint density at radius 1 is 1.35 bits per heavy atom. The van der Waals surface area contributed by atoms with Crippen LogP contribution < -0.4 is 4.90 Å². The number of Topliss-reactive ketones (excluding diaryl/α,β-unsaturated/α-hetero) is 1. The Hall–Kier alpha value is -1.91. The van der Waals surface area contributed by atoms with E-state index in [9.17, 15) is 9.59 Å². The van der Waals surface area contributed by atoms with Crippen LogP contribution in [-0.2, 0) is 9.53 Å². The summed E-state index contributed by atoms with van der Waals surface area (Å²) in [6.45, 7) is 5.46. The van der Waals surface area contributed by atoms with Crippen molar-refractivity contribution in [1.82, 2.24) is 4.98 Å². The molecule has 0 N–H and O–H groups in total. The zero-order valence-corrected chi connectivity index (χ0v) is 12.0. The van der Waals surface area contributed by atoms with Gasteiger partial charge in [-0.25, -0.2) is 9.78 Å². The summed E-state index contributed by atoms with van der Waals surface area (Å²) in [5.74, 6) is 0.960. The molecule has 108 valence electrons. The first kappa shape index (κ1) is 14.5. The quantitative estimate of drug-likeness (QED) is 0.788. The Morgan fingerprint density at radius 2 is 2.05 bits per heavy atom. The third-order valence-corrected chi connectivity index (χ3v) is 3.65. The second-order valence-corrected chi connectivity index (χ2v) is 5.00. The summed E-state index contributed by atoms with van der Waals surface area (Å²) in [5, 5.41) is 0. The van der Waals surface area contributed by atoms with Crippen LogP contribution in [0.2, 0.25) is 0 Å². The fraction of sp³-hybridized carbons (Fsp3) is 0.533. The molecule has 0 spiro atoms. The van der Waals surface area contributed by atoms with E-state index < -0.39 is 0 Å². The number of carbonyl (C=O) groups is 2. The molecule has 0 saturated carbocycles. The molecular weight excluding hydrogens is 256 g/mol. The van der Waals surface area contributed by atoms with Crippen LogP contribution in [0.15, 0.2) is 18.3 Å². The highest BCUT2D eigenvalue weighted by Gasteiger charge is 2.23. The molecule has 1 fully saturated rings. The summed E-state index contributed by atoms with van der Waals surface area (Å²) >= 11 is 0. The van der Waals surface area contributed by atoms with E-state index in [4.69, 9.17) is 4.74 Å². The largest absolute Gasteiger partial charge is 0.462 e. The van der Waals surface area contributed by atoms with Gasteiger partial charge in [0, 0.05) is 25.2 Å². The lowest BCUT2D eigenvalue weighted by Gasteiger charge is -2.31. The number of ketones is 1. The van der Waals surface area contributed by atoms with Gasteiger partial charge >= 0.3 is 5.97 Å². The van der Waals surface area contributed by atoms with E-state index in [2.05, 4.69) is 9.88 Å². The van der Waals surface area contributed by atoms with Crippen LogP contribution in [0.4, 0.5) is 5.82 Å². The van der Waals surface area contributed by atoms with Gasteiger partial charge in [0.2, 0.25) is 0 Å². The first-order valence-corrected chi connectivity index (χ1v) is 7.00. The van der Waals surface area contributed by atoms with Gasteiger partial charge in [-0.3, -0.25) is 4.79 Å². The zero-order chi connectivity index (χ0) is 14.5. The number of aromatic nitrogens is 1. The molecule has 0 unspecified atom stereocenters. The van der Waals surface area contributed by atoms with Gasteiger partial charge in [-0.2, -0.15) is 0 Å². The minimum Gasteiger partial charge on any atom is -0.462 e. The first-order valence-electron chi connectivity index (χ1n) is 7.00. The van der Waals surface area contributed by atoms with Gasteiger partial charge in [0.1, 0.15) is 11.6 Å². The molecule has 20 heavy (non-hydrogen) atoms. The van der Waals surface area contributed by atoms with Gasteiger partial charge < -0.3 is 9.64 Å². The number of ether oxygens (including phenoxy) is 1. The van der Waals surface area contributed by atoms with Crippen molar-refractivity contribution in [1.29, 1.82) is 0 Å². The smallest absolute Gasteiger partial charge is 0.339 e. The van der Waals surface area contributed by atoms with Gasteiger partial charge in [-0.1, -0.05) is 0 Å². The molecule has 1 aromatic rings. The number of nitrogens with zero attached hydrogens (tertiary/aromatic N) is 2. The molecule has 0 radical (unpaired) electrons. The normalized spacial score (nSPS) is 16.0. The number of hydrogen-bond acceptors (Lipinski definition) is 5. The fourth-order valence-corrected chi connectivity index (χ4v) is 2.42. The van der Waals surface area contributed by atoms with E-state index in [0.717, 1.165) is 31.7 Å². The van der Waals surface area contributed by atoms with Crippen LogP contribution in [-0.4, -0.2) is 36.4 Å². The minimum atomic E-state index is -0.346. The number of carbonyl (C=O) groups excluding carboxylic acids is 2. The van der Waals surface area contributed by atoms with Gasteiger partial charge in [0.15, 0.2) is 0 Å². The lowest BCUT2D eigenvalue weighted by Crippen LogP contribution is -2.36. The number of piperidine rings is 1. The Balaban J connectivity index is 1.97. The summed E-state index contributed by atoms with van der Waals surface area (Å²) < 4.78 is 4.92. The molecule has 2 heterocycles. The lowest BCUT2D eigenvalue weighted by atomic mass is 9.93. The zero-order valence-electron chi connectivity index (χ0n) is 12.0. The van der Waals surface area contributed by atoms with Crippen LogP contribution in [0.25, 0.3) is 0 Å². The van der Waals surface area contributed by atoms with Crippen molar-refractivity contribution in [3.63, 3.8) is 0 Å². The van der Waals surface area contributed by atoms with E-state index >= 15 is 0 Å². The molecular formula is C15H20N2O3. The predicted molar refractivity (Wildman–Crippen MR) is 75.8 cm³/mol. The first-order chi connectivity index (χ1) is 9.61. The highest BCUT2D eigenvalue weighted by atomic mass is 16.5. The molecule has 0 atom stereocenters. The topological polar surface area (TPSA) is 59.5 Å². The molecule has 1 aliphatic heterocycles. The van der Waals surface area contributed by atoms with Crippen molar-refractivity contribution in [2.75, 3.05) is 24.6 Å². The predicted octanol–water partition coefficient (Wildman–Crippen LogP) is 2.06. The molecule has 0 aromatic carbocycles. The van der Waals surface area contributed by atoms with Crippen LogP contribution in [0.3, 0.4) is 0 Å². The number of rotatable bonds is 4. The Labute approximate surface area is 118 Å². The maximum atomic E-state index is 11.5. The minimum absolute atomic E-state index is 0.185. The van der Waals surface area contributed by atoms with Gasteiger partial charge in [-0.15, -0.1) is 0 Å². The highest BCUT2D eigenvalue weighted by Crippen LogP contribution is 2.22. The molecule has 0 amide bonds. The van der Waals surface area contributed by atoms with Gasteiger partial charge in [0.05, 0.1) is 12.2 Å². The number of anilines is 1. The average molecular weight is 276 g/mol. The monoisotopic (exact) mass is 276 g/mol. The standard InChI is InChI=1S/C15H20N2O3/c1-3-20-15(19)13-4-5-14(16-10-13)17-8-6-12(7-9-17)11(2)18/h4-5,10,12H,3,6-9H2,1-2H3. The third kappa shape index (κ3) is 3.35. The maximum absolute atomic E-state index is 11.5. The Morgan fingerprint density at radius 3 is 2.55 bits per heavy atom. The van der Waals surface area contributed by atoms with Crippen molar-refractivity contribution < 1.29 is 14.3 Å². The van der Waals surface area contributed by atoms with Crippen molar-refractivity contribution in [2.24, 2.45) is 5.92 Å². The van der Waals surface area contributed by atoms with Gasteiger partial charge in [-0.05, 0) is 38.8 Å². The van der Waals surface area contributed by atoms with E-state index in [1.54, 1.807) is 26.1 Å². The van der Waals surface area contributed by atoms with Crippen molar-refractivity contribution in [3.8, 4) is 0 Å². The molecule has 1 saturated heterocycles. The molecule has 2 rings (SSSR count).